The molecule has 1 unspecified atom stereocenters. The van der Waals surface area contributed by atoms with Crippen molar-refractivity contribution in [2.75, 3.05) is 19.7 Å². The molecule has 1 amide bonds. The predicted molar refractivity (Wildman–Crippen MR) is 86.9 cm³/mol. The highest BCUT2D eigenvalue weighted by atomic mass is 16.5. The third-order valence-electron chi connectivity index (χ3n) is 5.16. The summed E-state index contributed by atoms with van der Waals surface area (Å²) in [6.07, 6.45) is 7.84. The molecule has 1 atom stereocenters. The Labute approximate surface area is 137 Å². The highest BCUT2D eigenvalue weighted by molar-refractivity contribution is 5.76. The van der Waals surface area contributed by atoms with Crippen LogP contribution in [-0.2, 0) is 16.0 Å². The van der Waals surface area contributed by atoms with E-state index in [-0.39, 0.29) is 11.5 Å². The summed E-state index contributed by atoms with van der Waals surface area (Å²) in [5.41, 5.74) is 0.281. The normalized spacial score (nSPS) is 27.1. The van der Waals surface area contributed by atoms with Crippen molar-refractivity contribution in [3.8, 4) is 0 Å². The molecule has 1 aromatic rings. The van der Waals surface area contributed by atoms with Crippen LogP contribution in [0.1, 0.15) is 44.6 Å². The summed E-state index contributed by atoms with van der Waals surface area (Å²) in [5.74, 6) is 0.208. The van der Waals surface area contributed by atoms with Gasteiger partial charge in [-0.3, -0.25) is 9.78 Å². The monoisotopic (exact) mass is 318 g/mol. The van der Waals surface area contributed by atoms with Crippen LogP contribution in [0.2, 0.25) is 0 Å². The Kier molecular flexibility index (Phi) is 4.69. The maximum atomic E-state index is 12.4. The van der Waals surface area contributed by atoms with Crippen LogP contribution >= 0.6 is 0 Å². The second-order valence-corrected chi connectivity index (χ2v) is 7.19. The van der Waals surface area contributed by atoms with Crippen LogP contribution in [0.5, 0.6) is 0 Å². The minimum absolute atomic E-state index is 0.208. The Bertz CT molecular complexity index is 536. The number of piperidine rings is 1. The number of hydrogen-bond donors (Lipinski definition) is 1. The molecule has 3 rings (SSSR count). The van der Waals surface area contributed by atoms with Crippen molar-refractivity contribution in [3.05, 3.63) is 30.1 Å². The average molecular weight is 318 g/mol. The summed E-state index contributed by atoms with van der Waals surface area (Å²) in [4.78, 5) is 18.3. The molecule has 5 nitrogen and oxygen atoms in total. The number of rotatable bonds is 3. The summed E-state index contributed by atoms with van der Waals surface area (Å²) < 4.78 is 5.99. The zero-order valence-corrected chi connectivity index (χ0v) is 13.8. The number of amides is 1. The Balaban J connectivity index is 1.49. The molecule has 2 aliphatic rings. The van der Waals surface area contributed by atoms with Crippen LogP contribution in [0, 0.1) is 0 Å². The number of aliphatic hydroxyl groups is 1. The lowest BCUT2D eigenvalue weighted by Crippen LogP contribution is -2.54. The molecular formula is C18H26N2O3. The molecule has 3 heterocycles. The second kappa shape index (κ2) is 6.57. The Morgan fingerprint density at radius 3 is 2.65 bits per heavy atom. The topological polar surface area (TPSA) is 62.7 Å². The number of ether oxygens (including phenoxy) is 1. The van der Waals surface area contributed by atoms with Crippen molar-refractivity contribution in [3.63, 3.8) is 0 Å². The van der Waals surface area contributed by atoms with E-state index in [0.29, 0.717) is 25.9 Å². The van der Waals surface area contributed by atoms with Gasteiger partial charge in [-0.15, -0.1) is 0 Å². The quantitative estimate of drug-likeness (QED) is 0.925. The fourth-order valence-electron chi connectivity index (χ4n) is 3.76. The van der Waals surface area contributed by atoms with Crippen molar-refractivity contribution < 1.29 is 14.6 Å². The Morgan fingerprint density at radius 2 is 2.00 bits per heavy atom. The number of nitrogens with zero attached hydrogens (tertiary/aromatic N) is 2. The van der Waals surface area contributed by atoms with Gasteiger partial charge in [-0.25, -0.2) is 0 Å². The SMILES string of the molecule is CC1(O)CCOC2(CCN(C(=O)CCc3ccncc3)CC2)C1. The van der Waals surface area contributed by atoms with Crippen LogP contribution in [0.4, 0.5) is 0 Å². The molecule has 23 heavy (non-hydrogen) atoms. The molecule has 2 fully saturated rings. The van der Waals surface area contributed by atoms with Crippen molar-refractivity contribution in [1.29, 1.82) is 0 Å². The van der Waals surface area contributed by atoms with Gasteiger partial charge in [-0.1, -0.05) is 0 Å². The summed E-state index contributed by atoms with van der Waals surface area (Å²) in [5, 5.41) is 10.3. The van der Waals surface area contributed by atoms with Crippen LogP contribution < -0.4 is 0 Å². The van der Waals surface area contributed by atoms with Gasteiger partial charge in [-0.2, -0.15) is 0 Å². The number of carbonyl (C=O) groups excluding carboxylic acids is 1. The first-order valence-electron chi connectivity index (χ1n) is 8.51. The molecule has 2 aliphatic heterocycles. The number of likely N-dealkylation sites (tertiary alicyclic amines) is 1. The molecular weight excluding hydrogens is 292 g/mol. The molecule has 1 N–H and O–H groups in total. The van der Waals surface area contributed by atoms with Crippen LogP contribution in [0.25, 0.3) is 0 Å². The van der Waals surface area contributed by atoms with Gasteiger partial charge in [0.25, 0.3) is 0 Å². The standard InChI is InChI=1S/C18H26N2O3/c1-17(22)8-13-23-18(14-17)6-11-20(12-7-18)16(21)3-2-15-4-9-19-10-5-15/h4-5,9-10,22H,2-3,6-8,11-14H2,1H3. The molecule has 1 spiro atoms. The van der Waals surface area contributed by atoms with E-state index in [1.807, 2.05) is 24.0 Å². The Morgan fingerprint density at radius 1 is 1.30 bits per heavy atom. The molecule has 0 saturated carbocycles. The lowest BCUT2D eigenvalue weighted by molar-refractivity contribution is -0.175. The molecule has 5 heteroatoms. The van der Waals surface area contributed by atoms with E-state index >= 15 is 0 Å². The Hall–Kier alpha value is -1.46. The highest BCUT2D eigenvalue weighted by Crippen LogP contribution is 2.39. The number of pyridine rings is 1. The van der Waals surface area contributed by atoms with Gasteiger partial charge in [0.15, 0.2) is 0 Å². The van der Waals surface area contributed by atoms with Gasteiger partial charge in [0.2, 0.25) is 5.91 Å². The lowest BCUT2D eigenvalue weighted by Gasteiger charge is -2.48. The first-order chi connectivity index (χ1) is 11.0. The first kappa shape index (κ1) is 16.4. The highest BCUT2D eigenvalue weighted by Gasteiger charge is 2.44. The van der Waals surface area contributed by atoms with E-state index in [9.17, 15) is 9.90 Å². The molecule has 2 saturated heterocycles. The third-order valence-corrected chi connectivity index (χ3v) is 5.16. The fourth-order valence-corrected chi connectivity index (χ4v) is 3.76. The van der Waals surface area contributed by atoms with Gasteiger partial charge < -0.3 is 14.7 Å². The van der Waals surface area contributed by atoms with Crippen LogP contribution in [0.3, 0.4) is 0 Å². The van der Waals surface area contributed by atoms with E-state index in [0.717, 1.165) is 37.9 Å². The minimum Gasteiger partial charge on any atom is -0.390 e. The van der Waals surface area contributed by atoms with Gasteiger partial charge in [0, 0.05) is 38.3 Å². The van der Waals surface area contributed by atoms with Crippen LogP contribution in [0.15, 0.2) is 24.5 Å². The largest absolute Gasteiger partial charge is 0.390 e. The van der Waals surface area contributed by atoms with Crippen molar-refractivity contribution in [2.24, 2.45) is 0 Å². The van der Waals surface area contributed by atoms with Gasteiger partial charge in [0.05, 0.1) is 17.8 Å². The molecule has 126 valence electrons. The third kappa shape index (κ3) is 4.09. The maximum absolute atomic E-state index is 12.4. The molecule has 0 radical (unpaired) electrons. The smallest absolute Gasteiger partial charge is 0.222 e. The van der Waals surface area contributed by atoms with Crippen LogP contribution in [-0.4, -0.2) is 51.8 Å². The molecule has 1 aromatic heterocycles. The van der Waals surface area contributed by atoms with Crippen molar-refractivity contribution in [2.45, 2.75) is 56.7 Å². The number of carbonyl (C=O) groups is 1. The first-order valence-corrected chi connectivity index (χ1v) is 8.51. The van der Waals surface area contributed by atoms with E-state index in [1.165, 1.54) is 0 Å². The van der Waals surface area contributed by atoms with E-state index in [2.05, 4.69) is 4.98 Å². The summed E-state index contributed by atoms with van der Waals surface area (Å²) in [7, 11) is 0. The zero-order valence-electron chi connectivity index (χ0n) is 13.8. The van der Waals surface area contributed by atoms with Gasteiger partial charge >= 0.3 is 0 Å². The lowest BCUT2D eigenvalue weighted by atomic mass is 9.78. The summed E-state index contributed by atoms with van der Waals surface area (Å²) >= 11 is 0. The van der Waals surface area contributed by atoms with E-state index < -0.39 is 5.60 Å². The van der Waals surface area contributed by atoms with E-state index in [1.54, 1.807) is 12.4 Å². The predicted octanol–water partition coefficient (Wildman–Crippen LogP) is 1.94. The van der Waals surface area contributed by atoms with Gasteiger partial charge in [0.1, 0.15) is 0 Å². The second-order valence-electron chi connectivity index (χ2n) is 7.19. The zero-order chi connectivity index (χ0) is 16.3. The summed E-state index contributed by atoms with van der Waals surface area (Å²) in [6, 6.07) is 3.91. The molecule has 0 aliphatic carbocycles. The number of hydrogen-bond acceptors (Lipinski definition) is 4. The van der Waals surface area contributed by atoms with Crippen molar-refractivity contribution in [1.82, 2.24) is 9.88 Å². The number of aryl methyl sites for hydroxylation is 1. The number of aromatic nitrogens is 1. The minimum atomic E-state index is -0.633. The molecule has 0 bridgehead atoms. The van der Waals surface area contributed by atoms with Crippen molar-refractivity contribution >= 4 is 5.91 Å². The van der Waals surface area contributed by atoms with Gasteiger partial charge in [-0.05, 0) is 50.3 Å². The average Bonchev–Trinajstić information content (AvgIpc) is 2.53. The fraction of sp³-hybridized carbons (Fsp3) is 0.667. The molecule has 0 aromatic carbocycles. The van der Waals surface area contributed by atoms with E-state index in [4.69, 9.17) is 4.74 Å². The maximum Gasteiger partial charge on any atom is 0.222 e. The summed E-state index contributed by atoms with van der Waals surface area (Å²) in [6.45, 7) is 3.96.